The summed E-state index contributed by atoms with van der Waals surface area (Å²) in [6, 6.07) is 7.67. The van der Waals surface area contributed by atoms with Crippen LogP contribution in [0.15, 0.2) is 47.4 Å². The van der Waals surface area contributed by atoms with Gasteiger partial charge >= 0.3 is 11.9 Å². The second-order valence-electron chi connectivity index (χ2n) is 4.35. The van der Waals surface area contributed by atoms with E-state index in [0.29, 0.717) is 6.07 Å². The van der Waals surface area contributed by atoms with Crippen molar-refractivity contribution in [2.45, 2.75) is 4.90 Å². The molecule has 2 aromatic carbocycles. The van der Waals surface area contributed by atoms with Gasteiger partial charge in [-0.1, -0.05) is 12.1 Å². The molecular formula is C14H10O8S. The fourth-order valence-electron chi connectivity index (χ4n) is 1.68. The number of hydrogen-bond acceptors (Lipinski definition) is 7. The Hall–Kier alpha value is -2.91. The maximum absolute atomic E-state index is 11.9. The molecule has 0 aliphatic rings. The zero-order chi connectivity index (χ0) is 17.2. The van der Waals surface area contributed by atoms with Gasteiger partial charge in [0.2, 0.25) is 0 Å². The standard InChI is InChI=1S/C14H10O8S/c15-11-4-2-1-3-9(11)13(17)22-14(18)10-7-8(23(19,20)21)5-6-12(10)16/h1-7,15-16H,(H,19,20,21). The molecule has 0 heterocycles. The molecule has 0 fully saturated rings. The van der Waals surface area contributed by atoms with Gasteiger partial charge in [0.15, 0.2) is 0 Å². The summed E-state index contributed by atoms with van der Waals surface area (Å²) in [5.41, 5.74) is -0.921. The fraction of sp³-hybridized carbons (Fsp3) is 0. The normalized spacial score (nSPS) is 11.0. The Bertz CT molecular complexity index is 885. The average molecular weight is 338 g/mol. The molecule has 0 aliphatic heterocycles. The SMILES string of the molecule is O=C(OC(=O)c1cc(S(=O)(=O)O)ccc1O)c1ccccc1O. The lowest BCUT2D eigenvalue weighted by Crippen LogP contribution is -2.14. The number of phenols is 2. The average Bonchev–Trinajstić information content (AvgIpc) is 2.46. The minimum Gasteiger partial charge on any atom is -0.507 e. The quantitative estimate of drug-likeness (QED) is 0.433. The van der Waals surface area contributed by atoms with Crippen molar-refractivity contribution in [2.24, 2.45) is 0 Å². The first kappa shape index (κ1) is 16.5. The molecule has 0 amide bonds. The largest absolute Gasteiger partial charge is 0.507 e. The first-order valence-electron chi connectivity index (χ1n) is 6.05. The molecule has 23 heavy (non-hydrogen) atoms. The monoisotopic (exact) mass is 338 g/mol. The zero-order valence-corrected chi connectivity index (χ0v) is 12.1. The summed E-state index contributed by atoms with van der Waals surface area (Å²) < 4.78 is 35.5. The topological polar surface area (TPSA) is 138 Å². The number of carbonyl (C=O) groups is 2. The van der Waals surface area contributed by atoms with Crippen LogP contribution in [0.2, 0.25) is 0 Å². The third-order valence-corrected chi connectivity index (χ3v) is 3.64. The highest BCUT2D eigenvalue weighted by atomic mass is 32.2. The van der Waals surface area contributed by atoms with Crippen molar-refractivity contribution >= 4 is 22.1 Å². The van der Waals surface area contributed by atoms with Crippen LogP contribution in [0.1, 0.15) is 20.7 Å². The van der Waals surface area contributed by atoms with E-state index in [2.05, 4.69) is 4.74 Å². The van der Waals surface area contributed by atoms with Crippen LogP contribution in [-0.2, 0) is 14.9 Å². The summed E-state index contributed by atoms with van der Waals surface area (Å²) in [6.07, 6.45) is 0. The molecule has 2 aromatic rings. The molecule has 0 radical (unpaired) electrons. The molecular weight excluding hydrogens is 328 g/mol. The van der Waals surface area contributed by atoms with Gasteiger partial charge in [0, 0.05) is 0 Å². The molecule has 0 unspecified atom stereocenters. The van der Waals surface area contributed by atoms with E-state index in [4.69, 9.17) is 4.55 Å². The predicted molar refractivity (Wildman–Crippen MR) is 75.8 cm³/mol. The maximum atomic E-state index is 11.9. The summed E-state index contributed by atoms with van der Waals surface area (Å²) in [7, 11) is -4.61. The molecule has 0 spiro atoms. The van der Waals surface area contributed by atoms with Crippen LogP contribution in [0.5, 0.6) is 11.5 Å². The van der Waals surface area contributed by atoms with Crippen molar-refractivity contribution in [1.29, 1.82) is 0 Å². The summed E-state index contributed by atoms with van der Waals surface area (Å²) >= 11 is 0. The molecule has 0 aromatic heterocycles. The molecule has 0 saturated carbocycles. The van der Waals surface area contributed by atoms with Crippen LogP contribution in [0.4, 0.5) is 0 Å². The second kappa shape index (κ2) is 6.07. The third-order valence-electron chi connectivity index (χ3n) is 2.80. The van der Waals surface area contributed by atoms with Gasteiger partial charge in [-0.05, 0) is 30.3 Å². The van der Waals surface area contributed by atoms with E-state index in [-0.39, 0.29) is 5.56 Å². The van der Waals surface area contributed by atoms with Crippen LogP contribution < -0.4 is 0 Å². The van der Waals surface area contributed by atoms with E-state index in [1.165, 1.54) is 24.3 Å². The molecule has 120 valence electrons. The van der Waals surface area contributed by atoms with Crippen LogP contribution in [0, 0.1) is 0 Å². The van der Waals surface area contributed by atoms with E-state index < -0.39 is 44.0 Å². The molecule has 0 saturated heterocycles. The van der Waals surface area contributed by atoms with Crippen molar-refractivity contribution in [3.8, 4) is 11.5 Å². The van der Waals surface area contributed by atoms with Crippen LogP contribution in [-0.4, -0.2) is 35.1 Å². The maximum Gasteiger partial charge on any atom is 0.349 e. The van der Waals surface area contributed by atoms with Crippen molar-refractivity contribution in [3.63, 3.8) is 0 Å². The highest BCUT2D eigenvalue weighted by molar-refractivity contribution is 7.85. The van der Waals surface area contributed by atoms with Crippen LogP contribution >= 0.6 is 0 Å². The third kappa shape index (κ3) is 3.65. The Morgan fingerprint density at radius 2 is 1.43 bits per heavy atom. The Balaban J connectivity index is 2.31. The molecule has 3 N–H and O–H groups in total. The van der Waals surface area contributed by atoms with E-state index in [1.807, 2.05) is 0 Å². The number of benzene rings is 2. The van der Waals surface area contributed by atoms with E-state index >= 15 is 0 Å². The van der Waals surface area contributed by atoms with Gasteiger partial charge in [-0.3, -0.25) is 4.55 Å². The van der Waals surface area contributed by atoms with Crippen molar-refractivity contribution in [1.82, 2.24) is 0 Å². The van der Waals surface area contributed by atoms with E-state index in [9.17, 15) is 28.2 Å². The number of hydrogen-bond donors (Lipinski definition) is 3. The van der Waals surface area contributed by atoms with Gasteiger partial charge in [-0.2, -0.15) is 8.42 Å². The molecule has 2 rings (SSSR count). The lowest BCUT2D eigenvalue weighted by molar-refractivity contribution is 0.0394. The van der Waals surface area contributed by atoms with Crippen molar-refractivity contribution in [3.05, 3.63) is 53.6 Å². The van der Waals surface area contributed by atoms with E-state index in [1.54, 1.807) is 0 Å². The second-order valence-corrected chi connectivity index (χ2v) is 5.77. The van der Waals surface area contributed by atoms with Crippen molar-refractivity contribution in [2.75, 3.05) is 0 Å². The summed E-state index contributed by atoms with van der Waals surface area (Å²) in [5, 5.41) is 19.1. The van der Waals surface area contributed by atoms with Gasteiger partial charge in [0.05, 0.1) is 4.90 Å². The predicted octanol–water partition coefficient (Wildman–Crippen LogP) is 1.34. The summed E-state index contributed by atoms with van der Waals surface area (Å²) in [4.78, 5) is 23.0. The van der Waals surface area contributed by atoms with Gasteiger partial charge in [0.25, 0.3) is 10.1 Å². The smallest absolute Gasteiger partial charge is 0.349 e. The van der Waals surface area contributed by atoms with Crippen molar-refractivity contribution < 1.29 is 37.5 Å². The van der Waals surface area contributed by atoms with Gasteiger partial charge in [0.1, 0.15) is 22.6 Å². The number of aromatic hydroxyl groups is 2. The lowest BCUT2D eigenvalue weighted by atomic mass is 10.2. The van der Waals surface area contributed by atoms with E-state index in [0.717, 1.165) is 12.1 Å². The minimum absolute atomic E-state index is 0.286. The number of para-hydroxylation sites is 1. The van der Waals surface area contributed by atoms with Crippen LogP contribution in [0.3, 0.4) is 0 Å². The Labute approximate surface area is 130 Å². The fourth-order valence-corrected chi connectivity index (χ4v) is 2.19. The Kier molecular flexibility index (Phi) is 4.34. The van der Waals surface area contributed by atoms with Gasteiger partial charge in [-0.25, -0.2) is 9.59 Å². The zero-order valence-electron chi connectivity index (χ0n) is 11.3. The molecule has 0 bridgehead atoms. The Morgan fingerprint density at radius 1 is 0.870 bits per heavy atom. The Morgan fingerprint density at radius 3 is 2.04 bits per heavy atom. The number of esters is 2. The molecule has 0 atom stereocenters. The number of carbonyl (C=O) groups excluding carboxylic acids is 2. The molecule has 9 heteroatoms. The number of phenolic OH excluding ortho intramolecular Hbond substituents is 2. The number of rotatable bonds is 3. The highest BCUT2D eigenvalue weighted by Crippen LogP contribution is 2.23. The molecule has 0 aliphatic carbocycles. The van der Waals surface area contributed by atoms with Gasteiger partial charge < -0.3 is 14.9 Å². The lowest BCUT2D eigenvalue weighted by Gasteiger charge is -2.07. The first-order chi connectivity index (χ1) is 10.7. The van der Waals surface area contributed by atoms with Crippen LogP contribution in [0.25, 0.3) is 0 Å². The number of ether oxygens (including phenoxy) is 1. The minimum atomic E-state index is -4.61. The summed E-state index contributed by atoms with van der Waals surface area (Å²) in [5.74, 6) is -3.60. The highest BCUT2D eigenvalue weighted by Gasteiger charge is 2.22. The van der Waals surface area contributed by atoms with Gasteiger partial charge in [-0.15, -0.1) is 0 Å². The first-order valence-corrected chi connectivity index (χ1v) is 7.49. The summed E-state index contributed by atoms with van der Waals surface area (Å²) in [6.45, 7) is 0. The molecule has 8 nitrogen and oxygen atoms in total.